The Morgan fingerprint density at radius 3 is 2.51 bits per heavy atom. The lowest BCUT2D eigenvalue weighted by atomic mass is 10.1. The first kappa shape index (κ1) is 23.6. The third-order valence-electron chi connectivity index (χ3n) is 6.90. The van der Waals surface area contributed by atoms with Gasteiger partial charge in [-0.2, -0.15) is 0 Å². The molecule has 0 radical (unpaired) electrons. The third-order valence-corrected chi connectivity index (χ3v) is 6.90. The highest BCUT2D eigenvalue weighted by Gasteiger charge is 2.28. The zero-order valence-electron chi connectivity index (χ0n) is 20.5. The van der Waals surface area contributed by atoms with Gasteiger partial charge in [0.2, 0.25) is 5.88 Å². The third kappa shape index (κ3) is 5.57. The summed E-state index contributed by atoms with van der Waals surface area (Å²) in [5.74, 6) is 0.837. The summed E-state index contributed by atoms with van der Waals surface area (Å²) in [6.07, 6.45) is 2.29. The Morgan fingerprint density at radius 1 is 1.00 bits per heavy atom. The number of morpholine rings is 1. The molecule has 7 nitrogen and oxygen atoms in total. The lowest BCUT2D eigenvalue weighted by Crippen LogP contribution is -2.43. The number of hydrogen-bond donors (Lipinski definition) is 0. The summed E-state index contributed by atoms with van der Waals surface area (Å²) in [6, 6.07) is 18.0. The smallest absolute Gasteiger partial charge is 0.254 e. The highest BCUT2D eigenvalue weighted by atomic mass is 16.5. The second-order valence-corrected chi connectivity index (χ2v) is 9.43. The topological polar surface area (TPSA) is 62.1 Å². The van der Waals surface area contributed by atoms with Crippen LogP contribution in [0.3, 0.4) is 0 Å². The first-order valence-corrected chi connectivity index (χ1v) is 12.6. The van der Waals surface area contributed by atoms with Crippen LogP contribution in [-0.4, -0.2) is 73.3 Å². The fourth-order valence-electron chi connectivity index (χ4n) is 4.93. The van der Waals surface area contributed by atoms with Crippen LogP contribution in [0, 0.1) is 6.92 Å². The van der Waals surface area contributed by atoms with Gasteiger partial charge in [0.15, 0.2) is 0 Å². The van der Waals surface area contributed by atoms with Crippen LogP contribution in [0.1, 0.15) is 34.3 Å². The summed E-state index contributed by atoms with van der Waals surface area (Å²) < 4.78 is 11.5. The largest absolute Gasteiger partial charge is 0.379 e. The van der Waals surface area contributed by atoms with E-state index in [-0.39, 0.29) is 5.91 Å². The van der Waals surface area contributed by atoms with E-state index in [0.29, 0.717) is 18.7 Å². The molecule has 0 N–H and O–H groups in total. The Bertz CT molecular complexity index is 1120. The Labute approximate surface area is 207 Å². The van der Waals surface area contributed by atoms with Crippen LogP contribution in [-0.2, 0) is 11.3 Å². The molecule has 5 rings (SSSR count). The summed E-state index contributed by atoms with van der Waals surface area (Å²) >= 11 is 0. The van der Waals surface area contributed by atoms with Crippen LogP contribution >= 0.6 is 0 Å². The number of carbonyl (C=O) groups excluding carboxylic acids is 1. The highest BCUT2D eigenvalue weighted by molar-refractivity contribution is 5.94. The van der Waals surface area contributed by atoms with Crippen molar-refractivity contribution in [3.05, 3.63) is 71.3 Å². The van der Waals surface area contributed by atoms with Crippen molar-refractivity contribution in [3.63, 3.8) is 0 Å². The van der Waals surface area contributed by atoms with Crippen molar-refractivity contribution in [3.8, 4) is 11.3 Å². The summed E-state index contributed by atoms with van der Waals surface area (Å²) in [5, 5.41) is 4.50. The molecule has 1 amide bonds. The number of aryl methyl sites for hydroxylation is 1. The molecule has 0 bridgehead atoms. The van der Waals surface area contributed by atoms with E-state index in [1.54, 1.807) is 0 Å². The minimum atomic E-state index is 0.0366. The average Bonchev–Trinajstić information content (AvgIpc) is 3.57. The number of carbonyl (C=O) groups is 1. The van der Waals surface area contributed by atoms with Crippen LogP contribution in [0.5, 0.6) is 0 Å². The van der Waals surface area contributed by atoms with E-state index < -0.39 is 0 Å². The maximum atomic E-state index is 13.8. The second-order valence-electron chi connectivity index (χ2n) is 9.43. The summed E-state index contributed by atoms with van der Waals surface area (Å²) in [5.41, 5.74) is 4.61. The molecule has 0 unspecified atom stereocenters. The highest BCUT2D eigenvalue weighted by Crippen LogP contribution is 2.34. The molecular formula is C28H34N4O3. The van der Waals surface area contributed by atoms with Crippen LogP contribution in [0.25, 0.3) is 11.3 Å². The van der Waals surface area contributed by atoms with Crippen molar-refractivity contribution in [1.29, 1.82) is 0 Å². The van der Waals surface area contributed by atoms with Gasteiger partial charge < -0.3 is 19.1 Å². The fourth-order valence-corrected chi connectivity index (χ4v) is 4.93. The Balaban J connectivity index is 1.47. The van der Waals surface area contributed by atoms with E-state index in [1.165, 1.54) is 0 Å². The molecule has 0 spiro atoms. The minimum Gasteiger partial charge on any atom is -0.379 e. The SMILES string of the molecule is Cc1cccc(C(=O)N(CCN2CCOCC2)Cc2c(-c3ccccc3)noc2N2CCCC2)c1. The van der Waals surface area contributed by atoms with Gasteiger partial charge in [-0.25, -0.2) is 0 Å². The van der Waals surface area contributed by atoms with Gasteiger partial charge in [-0.3, -0.25) is 9.69 Å². The predicted molar refractivity (Wildman–Crippen MR) is 137 cm³/mol. The van der Waals surface area contributed by atoms with E-state index in [0.717, 1.165) is 87.0 Å². The number of ether oxygens (including phenoxy) is 1. The molecule has 0 atom stereocenters. The number of aromatic nitrogens is 1. The number of anilines is 1. The molecule has 1 aromatic heterocycles. The van der Waals surface area contributed by atoms with Crippen LogP contribution in [0.15, 0.2) is 59.1 Å². The molecule has 0 saturated carbocycles. The lowest BCUT2D eigenvalue weighted by molar-refractivity contribution is 0.0320. The normalized spacial score (nSPS) is 16.5. The van der Waals surface area contributed by atoms with Crippen LogP contribution in [0.2, 0.25) is 0 Å². The number of rotatable bonds is 8. The quantitative estimate of drug-likeness (QED) is 0.487. The van der Waals surface area contributed by atoms with Gasteiger partial charge >= 0.3 is 0 Å². The number of nitrogens with zero attached hydrogens (tertiary/aromatic N) is 4. The Kier molecular flexibility index (Phi) is 7.45. The Hall–Kier alpha value is -3.16. The molecule has 3 aromatic rings. The summed E-state index contributed by atoms with van der Waals surface area (Å²) in [6.45, 7) is 9.11. The van der Waals surface area contributed by atoms with Gasteiger partial charge in [0.05, 0.1) is 25.3 Å². The van der Waals surface area contributed by atoms with E-state index in [9.17, 15) is 4.79 Å². The molecule has 184 valence electrons. The van der Waals surface area contributed by atoms with Crippen molar-refractivity contribution in [2.75, 3.05) is 57.4 Å². The summed E-state index contributed by atoms with van der Waals surface area (Å²) in [7, 11) is 0. The van der Waals surface area contributed by atoms with Gasteiger partial charge in [0, 0.05) is 50.4 Å². The molecular weight excluding hydrogens is 440 g/mol. The van der Waals surface area contributed by atoms with E-state index in [2.05, 4.69) is 27.1 Å². The van der Waals surface area contributed by atoms with Crippen molar-refractivity contribution < 1.29 is 14.1 Å². The maximum absolute atomic E-state index is 13.8. The van der Waals surface area contributed by atoms with Crippen molar-refractivity contribution in [1.82, 2.24) is 15.0 Å². The summed E-state index contributed by atoms with van der Waals surface area (Å²) in [4.78, 5) is 20.4. The Morgan fingerprint density at radius 2 is 1.77 bits per heavy atom. The van der Waals surface area contributed by atoms with Gasteiger partial charge in [-0.1, -0.05) is 53.2 Å². The lowest BCUT2D eigenvalue weighted by Gasteiger charge is -2.30. The van der Waals surface area contributed by atoms with Crippen LogP contribution in [0.4, 0.5) is 5.88 Å². The fraction of sp³-hybridized carbons (Fsp3) is 0.429. The average molecular weight is 475 g/mol. The van der Waals surface area contributed by atoms with Crippen molar-refractivity contribution in [2.45, 2.75) is 26.3 Å². The van der Waals surface area contributed by atoms with E-state index >= 15 is 0 Å². The predicted octanol–water partition coefficient (Wildman–Crippen LogP) is 4.22. The molecule has 2 aromatic carbocycles. The first-order chi connectivity index (χ1) is 17.2. The molecule has 0 aliphatic carbocycles. The first-order valence-electron chi connectivity index (χ1n) is 12.6. The van der Waals surface area contributed by atoms with Crippen molar-refractivity contribution in [2.24, 2.45) is 0 Å². The van der Waals surface area contributed by atoms with Crippen LogP contribution < -0.4 is 4.90 Å². The number of hydrogen-bond acceptors (Lipinski definition) is 6. The van der Waals surface area contributed by atoms with E-state index in [1.807, 2.05) is 54.3 Å². The monoisotopic (exact) mass is 474 g/mol. The van der Waals surface area contributed by atoms with Gasteiger partial charge in [0.25, 0.3) is 5.91 Å². The molecule has 7 heteroatoms. The molecule has 35 heavy (non-hydrogen) atoms. The number of amides is 1. The minimum absolute atomic E-state index is 0.0366. The van der Waals surface area contributed by atoms with E-state index in [4.69, 9.17) is 9.26 Å². The molecule has 3 heterocycles. The number of benzene rings is 2. The molecule has 2 fully saturated rings. The zero-order valence-corrected chi connectivity index (χ0v) is 20.5. The zero-order chi connectivity index (χ0) is 24.0. The molecule has 2 saturated heterocycles. The molecule has 2 aliphatic rings. The maximum Gasteiger partial charge on any atom is 0.254 e. The standard InChI is InChI=1S/C28H34N4O3/c1-22-8-7-11-24(20-22)27(33)32(15-14-30-16-18-34-19-17-30)21-25-26(23-9-3-2-4-10-23)29-35-28(25)31-12-5-6-13-31/h2-4,7-11,20H,5-6,12-19,21H2,1H3. The van der Waals surface area contributed by atoms with Gasteiger partial charge in [-0.15, -0.1) is 0 Å². The molecule has 2 aliphatic heterocycles. The second kappa shape index (κ2) is 11.1. The van der Waals surface area contributed by atoms with Crippen molar-refractivity contribution >= 4 is 11.8 Å². The van der Waals surface area contributed by atoms with Gasteiger partial charge in [-0.05, 0) is 31.9 Å². The van der Waals surface area contributed by atoms with Gasteiger partial charge in [0.1, 0.15) is 5.69 Å².